The molecule has 2 nitrogen and oxygen atoms in total. The molecular weight excluding hydrogens is 330 g/mol. The van der Waals surface area contributed by atoms with Crippen LogP contribution in [0.1, 0.15) is 56.2 Å². The predicted octanol–water partition coefficient (Wildman–Crippen LogP) is 5.33. The van der Waals surface area contributed by atoms with Gasteiger partial charge in [-0.15, -0.1) is 0 Å². The van der Waals surface area contributed by atoms with E-state index in [2.05, 4.69) is 55.1 Å². The van der Waals surface area contributed by atoms with Crippen LogP contribution in [-0.4, -0.2) is 29.1 Å². The molecule has 27 heavy (non-hydrogen) atoms. The van der Waals surface area contributed by atoms with Gasteiger partial charge in [0.1, 0.15) is 5.75 Å². The van der Waals surface area contributed by atoms with E-state index in [4.69, 9.17) is 0 Å². The quantitative estimate of drug-likeness (QED) is 0.701. The van der Waals surface area contributed by atoms with E-state index in [9.17, 15) is 5.11 Å². The molecule has 0 saturated carbocycles. The number of rotatable bonds is 6. The van der Waals surface area contributed by atoms with Crippen molar-refractivity contribution in [2.75, 3.05) is 13.1 Å². The molecule has 1 N–H and O–H groups in total. The summed E-state index contributed by atoms with van der Waals surface area (Å²) >= 11 is 0. The molecule has 2 aromatic carbocycles. The molecule has 1 aliphatic carbocycles. The number of fused-ring (bicyclic) bond motifs is 4. The molecular formula is C25H33NO. The Morgan fingerprint density at radius 2 is 1.89 bits per heavy atom. The fraction of sp³-hybridized carbons (Fsp3) is 0.520. The SMILES string of the molecule is C[C@@H]1[C@@H]2Cc3ccc(O)cc3[C@]1(C)CCN2CCCCCc1ccccc1. The number of nitrogens with zero attached hydrogens (tertiary/aromatic N) is 1. The molecule has 1 saturated heterocycles. The Bertz CT molecular complexity index is 771. The molecule has 2 aromatic rings. The number of benzene rings is 2. The van der Waals surface area contributed by atoms with Crippen LogP contribution in [0.15, 0.2) is 48.5 Å². The van der Waals surface area contributed by atoms with Gasteiger partial charge < -0.3 is 5.11 Å². The maximum Gasteiger partial charge on any atom is 0.115 e. The van der Waals surface area contributed by atoms with E-state index in [1.165, 1.54) is 61.9 Å². The highest BCUT2D eigenvalue weighted by molar-refractivity contribution is 5.44. The second-order valence-corrected chi connectivity index (χ2v) is 8.90. The van der Waals surface area contributed by atoms with Gasteiger partial charge in [0, 0.05) is 6.04 Å². The number of phenols is 1. The van der Waals surface area contributed by atoms with E-state index in [0.29, 0.717) is 17.7 Å². The summed E-state index contributed by atoms with van der Waals surface area (Å²) < 4.78 is 0. The summed E-state index contributed by atoms with van der Waals surface area (Å²) in [5.41, 5.74) is 4.52. The van der Waals surface area contributed by atoms with Crippen molar-refractivity contribution in [3.8, 4) is 5.75 Å². The van der Waals surface area contributed by atoms with Gasteiger partial charge in [-0.3, -0.25) is 4.90 Å². The summed E-state index contributed by atoms with van der Waals surface area (Å²) in [4.78, 5) is 2.75. The van der Waals surface area contributed by atoms with Crippen molar-refractivity contribution in [1.82, 2.24) is 4.90 Å². The van der Waals surface area contributed by atoms with Crippen molar-refractivity contribution < 1.29 is 5.11 Å². The lowest BCUT2D eigenvalue weighted by atomic mass is 9.59. The van der Waals surface area contributed by atoms with Gasteiger partial charge in [-0.1, -0.05) is 56.7 Å². The van der Waals surface area contributed by atoms with Crippen LogP contribution in [0.5, 0.6) is 5.75 Å². The Hall–Kier alpha value is -1.80. The first-order chi connectivity index (χ1) is 13.1. The Balaban J connectivity index is 1.34. The van der Waals surface area contributed by atoms with Crippen LogP contribution in [0, 0.1) is 5.92 Å². The van der Waals surface area contributed by atoms with Crippen molar-refractivity contribution in [2.24, 2.45) is 5.92 Å². The summed E-state index contributed by atoms with van der Waals surface area (Å²) in [5.74, 6) is 1.06. The zero-order valence-corrected chi connectivity index (χ0v) is 16.8. The molecule has 1 fully saturated rings. The Labute approximate surface area is 164 Å². The molecule has 0 radical (unpaired) electrons. The van der Waals surface area contributed by atoms with Gasteiger partial charge in [0.05, 0.1) is 0 Å². The number of likely N-dealkylation sites (tertiary alicyclic amines) is 1. The number of phenolic OH excluding ortho intramolecular Hbond substituents is 1. The highest BCUT2D eigenvalue weighted by atomic mass is 16.3. The fourth-order valence-corrected chi connectivity index (χ4v) is 5.44. The average molecular weight is 364 g/mol. The van der Waals surface area contributed by atoms with Gasteiger partial charge in [0.2, 0.25) is 0 Å². The molecule has 0 aromatic heterocycles. The van der Waals surface area contributed by atoms with E-state index in [-0.39, 0.29) is 5.41 Å². The maximum atomic E-state index is 9.98. The number of hydrogen-bond acceptors (Lipinski definition) is 2. The van der Waals surface area contributed by atoms with Crippen LogP contribution in [0.25, 0.3) is 0 Å². The summed E-state index contributed by atoms with van der Waals surface area (Å²) in [6, 6.07) is 17.6. The molecule has 2 aliphatic rings. The number of unbranched alkanes of at least 4 members (excludes halogenated alkanes) is 2. The van der Waals surface area contributed by atoms with Crippen LogP contribution in [0.2, 0.25) is 0 Å². The van der Waals surface area contributed by atoms with Crippen LogP contribution < -0.4 is 0 Å². The van der Waals surface area contributed by atoms with Crippen LogP contribution >= 0.6 is 0 Å². The topological polar surface area (TPSA) is 23.5 Å². The van der Waals surface area contributed by atoms with Crippen LogP contribution in [-0.2, 0) is 18.3 Å². The third-order valence-electron chi connectivity index (χ3n) is 7.36. The van der Waals surface area contributed by atoms with E-state index in [0.717, 1.165) is 6.42 Å². The molecule has 0 amide bonds. The smallest absolute Gasteiger partial charge is 0.115 e. The fourth-order valence-electron chi connectivity index (χ4n) is 5.44. The average Bonchev–Trinajstić information content (AvgIpc) is 2.67. The zero-order chi connectivity index (χ0) is 18.9. The van der Waals surface area contributed by atoms with E-state index < -0.39 is 0 Å². The summed E-state index contributed by atoms with van der Waals surface area (Å²) in [6.45, 7) is 7.27. The van der Waals surface area contributed by atoms with Crippen LogP contribution in [0.3, 0.4) is 0 Å². The molecule has 1 aliphatic heterocycles. The minimum absolute atomic E-state index is 0.209. The first kappa shape index (κ1) is 18.6. The van der Waals surface area contributed by atoms with E-state index in [1.807, 2.05) is 12.1 Å². The molecule has 0 spiro atoms. The van der Waals surface area contributed by atoms with Gasteiger partial charge in [0.25, 0.3) is 0 Å². The maximum absolute atomic E-state index is 9.98. The number of aryl methyl sites for hydroxylation is 1. The molecule has 2 bridgehead atoms. The highest BCUT2D eigenvalue weighted by Gasteiger charge is 2.48. The first-order valence-corrected chi connectivity index (χ1v) is 10.7. The zero-order valence-electron chi connectivity index (χ0n) is 16.8. The molecule has 2 heteroatoms. The Kier molecular flexibility index (Phi) is 5.27. The Morgan fingerprint density at radius 1 is 1.07 bits per heavy atom. The lowest BCUT2D eigenvalue weighted by Crippen LogP contribution is -2.58. The normalized spacial score (nSPS) is 27.3. The molecule has 3 atom stereocenters. The lowest BCUT2D eigenvalue weighted by molar-refractivity contribution is 0.0303. The predicted molar refractivity (Wildman–Crippen MR) is 112 cm³/mol. The molecule has 0 unspecified atom stereocenters. The highest BCUT2D eigenvalue weighted by Crippen LogP contribution is 2.49. The minimum Gasteiger partial charge on any atom is -0.508 e. The van der Waals surface area contributed by atoms with Crippen molar-refractivity contribution in [3.63, 3.8) is 0 Å². The van der Waals surface area contributed by atoms with E-state index >= 15 is 0 Å². The minimum atomic E-state index is 0.209. The first-order valence-electron chi connectivity index (χ1n) is 10.7. The summed E-state index contributed by atoms with van der Waals surface area (Å²) in [7, 11) is 0. The standard InChI is InChI=1S/C25H33NO/c1-19-24-17-21-12-13-22(27)18-23(21)25(19,2)14-16-26(24)15-8-4-7-11-20-9-5-3-6-10-20/h3,5-6,9-10,12-13,18-19,24,27H,4,7-8,11,14-17H2,1-2H3/t19-,24+,25-/m1/s1. The third kappa shape index (κ3) is 3.65. The number of aromatic hydroxyl groups is 1. The lowest BCUT2D eigenvalue weighted by Gasteiger charge is -2.54. The number of piperidine rings is 1. The monoisotopic (exact) mass is 363 g/mol. The second-order valence-electron chi connectivity index (χ2n) is 8.90. The largest absolute Gasteiger partial charge is 0.508 e. The van der Waals surface area contributed by atoms with Crippen molar-refractivity contribution >= 4 is 0 Å². The van der Waals surface area contributed by atoms with Gasteiger partial charge in [-0.2, -0.15) is 0 Å². The van der Waals surface area contributed by atoms with Gasteiger partial charge >= 0.3 is 0 Å². The Morgan fingerprint density at radius 3 is 2.70 bits per heavy atom. The van der Waals surface area contributed by atoms with Gasteiger partial charge in [-0.05, 0) is 85.3 Å². The van der Waals surface area contributed by atoms with Crippen molar-refractivity contribution in [3.05, 3.63) is 65.2 Å². The molecule has 1 heterocycles. The van der Waals surface area contributed by atoms with Crippen molar-refractivity contribution in [2.45, 2.75) is 63.8 Å². The summed E-state index contributed by atoms with van der Waals surface area (Å²) in [5, 5.41) is 9.98. The second kappa shape index (κ2) is 7.67. The molecule has 4 rings (SSSR count). The summed E-state index contributed by atoms with van der Waals surface area (Å²) in [6.07, 6.45) is 7.44. The third-order valence-corrected chi connectivity index (χ3v) is 7.36. The van der Waals surface area contributed by atoms with Gasteiger partial charge in [-0.25, -0.2) is 0 Å². The van der Waals surface area contributed by atoms with E-state index in [1.54, 1.807) is 0 Å². The van der Waals surface area contributed by atoms with Crippen LogP contribution in [0.4, 0.5) is 0 Å². The van der Waals surface area contributed by atoms with Crippen molar-refractivity contribution in [1.29, 1.82) is 0 Å². The van der Waals surface area contributed by atoms with Gasteiger partial charge in [0.15, 0.2) is 0 Å². The molecule has 144 valence electrons. The number of hydrogen-bond donors (Lipinski definition) is 1.